The van der Waals surface area contributed by atoms with E-state index < -0.39 is 0 Å². The van der Waals surface area contributed by atoms with Crippen LogP contribution < -0.4 is 10.2 Å². The van der Waals surface area contributed by atoms with Crippen molar-refractivity contribution in [2.24, 2.45) is 11.8 Å². The molecule has 0 aliphatic carbocycles. The van der Waals surface area contributed by atoms with Gasteiger partial charge in [-0.1, -0.05) is 39.3 Å². The molecule has 1 aliphatic heterocycles. The van der Waals surface area contributed by atoms with Gasteiger partial charge in [0.2, 0.25) is 0 Å². The first-order valence-electron chi connectivity index (χ1n) is 11.3. The van der Waals surface area contributed by atoms with Crippen molar-refractivity contribution in [3.05, 3.63) is 45.8 Å². The predicted octanol–water partition coefficient (Wildman–Crippen LogP) is 5.12. The van der Waals surface area contributed by atoms with E-state index in [0.29, 0.717) is 23.9 Å². The highest BCUT2D eigenvalue weighted by Crippen LogP contribution is 2.40. The van der Waals surface area contributed by atoms with E-state index in [9.17, 15) is 15.2 Å². The number of amides is 1. The van der Waals surface area contributed by atoms with E-state index in [-0.39, 0.29) is 11.7 Å². The summed E-state index contributed by atoms with van der Waals surface area (Å²) < 4.78 is 0. The molecular weight excluding hydrogens is 406 g/mol. The molecular formula is C25H33N3O2S. The number of aromatic hydroxyl groups is 1. The zero-order valence-corrected chi connectivity index (χ0v) is 19.6. The molecule has 0 bridgehead atoms. The first kappa shape index (κ1) is 23.1. The highest BCUT2D eigenvalue weighted by atomic mass is 32.1. The SMILES string of the molecule is CCC(CCc1sc2c(c1C#N)CCCN2CC(C)C)CNC(=O)c1ccccc1O. The number of hydrogen-bond donors (Lipinski definition) is 2. The molecule has 0 spiro atoms. The third-order valence-electron chi connectivity index (χ3n) is 5.95. The molecule has 2 heterocycles. The Morgan fingerprint density at radius 2 is 2.13 bits per heavy atom. The summed E-state index contributed by atoms with van der Waals surface area (Å²) in [5.74, 6) is 0.679. The Hall–Kier alpha value is -2.52. The maximum Gasteiger partial charge on any atom is 0.255 e. The van der Waals surface area contributed by atoms with Crippen LogP contribution in [-0.2, 0) is 12.8 Å². The second kappa shape index (κ2) is 10.7. The number of fused-ring (bicyclic) bond motifs is 1. The number of anilines is 1. The Bertz CT molecular complexity index is 945. The molecule has 1 amide bonds. The number of carbonyl (C=O) groups excluding carboxylic acids is 1. The van der Waals surface area contributed by atoms with Gasteiger partial charge in [0.1, 0.15) is 11.8 Å². The lowest BCUT2D eigenvalue weighted by Crippen LogP contribution is -2.31. The number of rotatable bonds is 9. The number of nitrogens with zero attached hydrogens (tertiary/aromatic N) is 2. The molecule has 0 saturated carbocycles. The minimum absolute atomic E-state index is 0.00169. The number of hydrogen-bond acceptors (Lipinski definition) is 5. The smallest absolute Gasteiger partial charge is 0.255 e. The third-order valence-corrected chi connectivity index (χ3v) is 7.31. The zero-order chi connectivity index (χ0) is 22.4. The van der Waals surface area contributed by atoms with Crippen LogP contribution in [0.5, 0.6) is 5.75 Å². The topological polar surface area (TPSA) is 76.4 Å². The summed E-state index contributed by atoms with van der Waals surface area (Å²) in [4.78, 5) is 16.0. The minimum atomic E-state index is -0.245. The van der Waals surface area contributed by atoms with E-state index in [4.69, 9.17) is 0 Å². The molecule has 6 heteroatoms. The number of aryl methyl sites for hydroxylation is 1. The Labute approximate surface area is 189 Å². The summed E-state index contributed by atoms with van der Waals surface area (Å²) in [6, 6.07) is 9.09. The van der Waals surface area contributed by atoms with Gasteiger partial charge in [-0.2, -0.15) is 5.26 Å². The van der Waals surface area contributed by atoms with Gasteiger partial charge in [-0.15, -0.1) is 11.3 Å². The molecule has 5 nitrogen and oxygen atoms in total. The number of para-hydroxylation sites is 1. The van der Waals surface area contributed by atoms with Gasteiger partial charge in [0.05, 0.1) is 16.1 Å². The fourth-order valence-electron chi connectivity index (χ4n) is 4.24. The number of phenolic OH excluding ortho intramolecular Hbond substituents is 1. The maximum absolute atomic E-state index is 12.4. The molecule has 0 fully saturated rings. The van der Waals surface area contributed by atoms with Crippen LogP contribution in [0.1, 0.15) is 66.4 Å². The summed E-state index contributed by atoms with van der Waals surface area (Å²) in [5.41, 5.74) is 2.44. The summed E-state index contributed by atoms with van der Waals surface area (Å²) in [7, 11) is 0. The van der Waals surface area contributed by atoms with Crippen LogP contribution in [0.25, 0.3) is 0 Å². The molecule has 166 valence electrons. The van der Waals surface area contributed by atoms with E-state index in [1.165, 1.54) is 21.5 Å². The summed E-state index contributed by atoms with van der Waals surface area (Å²) in [6.07, 6.45) is 4.85. The average molecular weight is 440 g/mol. The third kappa shape index (κ3) is 5.59. The molecule has 0 radical (unpaired) electrons. The maximum atomic E-state index is 12.4. The van der Waals surface area contributed by atoms with Gasteiger partial charge in [-0.25, -0.2) is 0 Å². The summed E-state index contributed by atoms with van der Waals surface area (Å²) in [5, 5.41) is 24.0. The van der Waals surface area contributed by atoms with Gasteiger partial charge in [-0.05, 0) is 49.7 Å². The Kier molecular flexibility index (Phi) is 7.97. The van der Waals surface area contributed by atoms with Crippen molar-refractivity contribution in [1.82, 2.24) is 5.32 Å². The van der Waals surface area contributed by atoms with Crippen LogP contribution >= 0.6 is 11.3 Å². The molecule has 2 N–H and O–H groups in total. The van der Waals surface area contributed by atoms with Crippen LogP contribution in [0.2, 0.25) is 0 Å². The van der Waals surface area contributed by atoms with Crippen molar-refractivity contribution in [2.75, 3.05) is 24.5 Å². The first-order valence-corrected chi connectivity index (χ1v) is 12.1. The van der Waals surface area contributed by atoms with E-state index in [1.54, 1.807) is 29.5 Å². The number of thiophene rings is 1. The first-order chi connectivity index (χ1) is 14.9. The van der Waals surface area contributed by atoms with Gasteiger partial charge in [0.25, 0.3) is 5.91 Å². The van der Waals surface area contributed by atoms with Crippen molar-refractivity contribution < 1.29 is 9.90 Å². The monoisotopic (exact) mass is 439 g/mol. The van der Waals surface area contributed by atoms with Crippen molar-refractivity contribution in [1.29, 1.82) is 5.26 Å². The molecule has 1 aromatic carbocycles. The summed E-state index contributed by atoms with van der Waals surface area (Å²) >= 11 is 1.80. The van der Waals surface area contributed by atoms with Gasteiger partial charge < -0.3 is 15.3 Å². The van der Waals surface area contributed by atoms with E-state index in [0.717, 1.165) is 50.8 Å². The normalized spacial score (nSPS) is 14.2. The number of phenols is 1. The fraction of sp³-hybridized carbons (Fsp3) is 0.520. The van der Waals surface area contributed by atoms with Gasteiger partial charge in [0.15, 0.2) is 0 Å². The van der Waals surface area contributed by atoms with E-state index >= 15 is 0 Å². The molecule has 1 unspecified atom stereocenters. The lowest BCUT2D eigenvalue weighted by atomic mass is 9.96. The van der Waals surface area contributed by atoms with Gasteiger partial charge in [0, 0.05) is 30.1 Å². The minimum Gasteiger partial charge on any atom is -0.507 e. The average Bonchev–Trinajstić information content (AvgIpc) is 3.12. The predicted molar refractivity (Wildman–Crippen MR) is 127 cm³/mol. The molecule has 1 atom stereocenters. The van der Waals surface area contributed by atoms with Crippen LogP contribution in [0, 0.1) is 23.2 Å². The van der Waals surface area contributed by atoms with Crippen LogP contribution in [0.4, 0.5) is 5.00 Å². The second-order valence-corrected chi connectivity index (χ2v) is 9.86. The molecule has 0 saturated heterocycles. The zero-order valence-electron chi connectivity index (χ0n) is 18.8. The number of nitrogens with one attached hydrogen (secondary N) is 1. The lowest BCUT2D eigenvalue weighted by Gasteiger charge is -2.30. The highest BCUT2D eigenvalue weighted by Gasteiger charge is 2.26. The van der Waals surface area contributed by atoms with Crippen LogP contribution in [0.15, 0.2) is 24.3 Å². The Morgan fingerprint density at radius 1 is 1.35 bits per heavy atom. The molecule has 1 aliphatic rings. The van der Waals surface area contributed by atoms with Crippen LogP contribution in [-0.4, -0.2) is 30.6 Å². The Morgan fingerprint density at radius 3 is 2.81 bits per heavy atom. The number of benzene rings is 1. The van der Waals surface area contributed by atoms with E-state index in [1.807, 2.05) is 0 Å². The quantitative estimate of drug-likeness (QED) is 0.568. The molecule has 2 aromatic rings. The van der Waals surface area contributed by atoms with Crippen molar-refractivity contribution in [2.45, 2.75) is 52.9 Å². The largest absolute Gasteiger partial charge is 0.507 e. The van der Waals surface area contributed by atoms with Crippen molar-refractivity contribution in [3.63, 3.8) is 0 Å². The summed E-state index contributed by atoms with van der Waals surface area (Å²) in [6.45, 7) is 9.29. The van der Waals surface area contributed by atoms with E-state index in [2.05, 4.69) is 37.1 Å². The van der Waals surface area contributed by atoms with Gasteiger partial charge in [-0.3, -0.25) is 4.79 Å². The van der Waals surface area contributed by atoms with Crippen molar-refractivity contribution in [3.8, 4) is 11.8 Å². The van der Waals surface area contributed by atoms with Crippen molar-refractivity contribution >= 4 is 22.2 Å². The lowest BCUT2D eigenvalue weighted by molar-refractivity contribution is 0.0943. The standard InChI is InChI=1S/C25H33N3O2S/c1-4-18(15-27-24(30)20-8-5-6-10-22(20)29)11-12-23-21(14-26)19-9-7-13-28(16-17(2)3)25(19)31-23/h5-6,8,10,17-18,29H,4,7,9,11-13,15-16H2,1-3H3,(H,27,30). The second-order valence-electron chi connectivity index (χ2n) is 8.78. The Balaban J connectivity index is 1.64. The van der Waals surface area contributed by atoms with Gasteiger partial charge >= 0.3 is 0 Å². The molecule has 1 aromatic heterocycles. The highest BCUT2D eigenvalue weighted by molar-refractivity contribution is 7.16. The molecule has 3 rings (SSSR count). The fourth-order valence-corrected chi connectivity index (χ4v) is 5.59. The number of carbonyl (C=O) groups is 1. The number of nitriles is 1. The van der Waals surface area contributed by atoms with Crippen LogP contribution in [0.3, 0.4) is 0 Å². The molecule has 31 heavy (non-hydrogen) atoms.